The number of sulfonamides is 1. The largest absolute Gasteiger partial charge is 0.349 e. The van der Waals surface area contributed by atoms with Gasteiger partial charge in [-0.1, -0.05) is 26.8 Å². The van der Waals surface area contributed by atoms with Gasteiger partial charge in [-0.3, -0.25) is 30.0 Å². The molecule has 2 aromatic carbocycles. The Balaban J connectivity index is 2.09. The van der Waals surface area contributed by atoms with E-state index in [2.05, 4.69) is 20.9 Å². The molecule has 3 unspecified atom stereocenters. The topological polar surface area (TPSA) is 137 Å². The van der Waals surface area contributed by atoms with Gasteiger partial charge in [0.05, 0.1) is 16.3 Å². The van der Waals surface area contributed by atoms with Crippen molar-refractivity contribution in [3.05, 3.63) is 48.5 Å². The molecule has 3 atom stereocenters. The summed E-state index contributed by atoms with van der Waals surface area (Å²) in [4.78, 5) is 37.2. The summed E-state index contributed by atoms with van der Waals surface area (Å²) in [5.41, 5.74) is 6.15. The molecule has 190 valence electrons. The number of amides is 3. The van der Waals surface area contributed by atoms with Gasteiger partial charge in [0.15, 0.2) is 0 Å². The predicted molar refractivity (Wildman–Crippen MR) is 136 cm³/mol. The Morgan fingerprint density at radius 2 is 1.63 bits per heavy atom. The molecule has 0 heterocycles. The van der Waals surface area contributed by atoms with Crippen molar-refractivity contribution in [2.24, 2.45) is 17.8 Å². The first-order valence-electron chi connectivity index (χ1n) is 11.2. The van der Waals surface area contributed by atoms with Crippen molar-refractivity contribution in [1.82, 2.24) is 10.3 Å². The molecule has 0 saturated carbocycles. The van der Waals surface area contributed by atoms with Gasteiger partial charge in [-0.15, -0.1) is 0 Å². The smallest absolute Gasteiger partial charge is 0.261 e. The van der Waals surface area contributed by atoms with Crippen LogP contribution in [-0.2, 0) is 24.4 Å². The summed E-state index contributed by atoms with van der Waals surface area (Å²) in [6, 6.07) is 12.2. The van der Waals surface area contributed by atoms with E-state index in [1.54, 1.807) is 32.3 Å². The molecule has 2 aromatic rings. The second-order valence-corrected chi connectivity index (χ2v) is 10.2. The number of benzene rings is 2. The first-order valence-corrected chi connectivity index (χ1v) is 12.7. The molecule has 10 nitrogen and oxygen atoms in total. The lowest BCUT2D eigenvalue weighted by Gasteiger charge is -2.28. The van der Waals surface area contributed by atoms with Crippen LogP contribution in [0, 0.1) is 17.8 Å². The van der Waals surface area contributed by atoms with E-state index in [0.29, 0.717) is 29.9 Å². The van der Waals surface area contributed by atoms with E-state index in [0.717, 1.165) is 0 Å². The van der Waals surface area contributed by atoms with E-state index in [1.165, 1.54) is 35.2 Å². The Kier molecular flexibility index (Phi) is 9.64. The van der Waals surface area contributed by atoms with E-state index in [9.17, 15) is 22.8 Å². The summed E-state index contributed by atoms with van der Waals surface area (Å²) in [7, 11) is -0.502. The summed E-state index contributed by atoms with van der Waals surface area (Å²) in [5.74, 6) is -1.13. The minimum Gasteiger partial charge on any atom is -0.349 e. The van der Waals surface area contributed by atoms with Crippen LogP contribution < -0.4 is 20.9 Å². The molecule has 0 aliphatic rings. The maximum atomic E-state index is 12.9. The van der Waals surface area contributed by atoms with Crippen LogP contribution in [0.2, 0.25) is 0 Å². The van der Waals surface area contributed by atoms with E-state index in [1.807, 2.05) is 20.8 Å². The molecule has 0 aliphatic carbocycles. The summed E-state index contributed by atoms with van der Waals surface area (Å²) in [6.07, 6.45) is 1.02. The fraction of sp³-hybridized carbons (Fsp3) is 0.375. The molecule has 2 rings (SSSR count). The highest BCUT2D eigenvalue weighted by atomic mass is 32.2. The molecule has 0 bridgehead atoms. The van der Waals surface area contributed by atoms with Gasteiger partial charge in [-0.05, 0) is 54.8 Å². The molecule has 35 heavy (non-hydrogen) atoms. The number of hydrazine groups is 1. The third kappa shape index (κ3) is 7.44. The van der Waals surface area contributed by atoms with Crippen LogP contribution in [0.25, 0.3) is 0 Å². The van der Waals surface area contributed by atoms with E-state index >= 15 is 0 Å². The van der Waals surface area contributed by atoms with Crippen LogP contribution in [0.4, 0.5) is 17.1 Å². The van der Waals surface area contributed by atoms with Crippen LogP contribution in [0.3, 0.4) is 0 Å². The molecule has 0 radical (unpaired) electrons. The van der Waals surface area contributed by atoms with Crippen LogP contribution in [0.1, 0.15) is 27.2 Å². The van der Waals surface area contributed by atoms with Crippen molar-refractivity contribution >= 4 is 45.3 Å². The lowest BCUT2D eigenvalue weighted by atomic mass is 9.81. The van der Waals surface area contributed by atoms with Gasteiger partial charge >= 0.3 is 0 Å². The molecular formula is C24H33N5O5S. The summed E-state index contributed by atoms with van der Waals surface area (Å²) < 4.78 is 28.0. The van der Waals surface area contributed by atoms with Crippen molar-refractivity contribution < 1.29 is 22.8 Å². The van der Waals surface area contributed by atoms with Gasteiger partial charge in [0, 0.05) is 31.6 Å². The van der Waals surface area contributed by atoms with Gasteiger partial charge in [-0.25, -0.2) is 8.42 Å². The van der Waals surface area contributed by atoms with Gasteiger partial charge in [0.1, 0.15) is 0 Å². The Morgan fingerprint density at radius 1 is 1.00 bits per heavy atom. The number of carbonyl (C=O) groups is 3. The normalized spacial score (nSPS) is 13.6. The van der Waals surface area contributed by atoms with Crippen molar-refractivity contribution in [3.8, 4) is 0 Å². The highest BCUT2D eigenvalue weighted by Gasteiger charge is 2.32. The Bertz CT molecular complexity index is 1140. The van der Waals surface area contributed by atoms with Crippen molar-refractivity contribution in [1.29, 1.82) is 0 Å². The van der Waals surface area contributed by atoms with Crippen molar-refractivity contribution in [2.75, 3.05) is 29.6 Å². The Hall–Kier alpha value is -3.60. The lowest BCUT2D eigenvalue weighted by Crippen LogP contribution is -2.38. The Labute approximate surface area is 206 Å². The minimum absolute atomic E-state index is 0.0190. The van der Waals surface area contributed by atoms with Crippen molar-refractivity contribution in [3.63, 3.8) is 0 Å². The minimum atomic E-state index is -3.88. The third-order valence-electron chi connectivity index (χ3n) is 5.85. The van der Waals surface area contributed by atoms with Crippen molar-refractivity contribution in [2.45, 2.75) is 32.1 Å². The maximum Gasteiger partial charge on any atom is 0.261 e. The number of nitrogens with zero attached hydrogens (tertiary/aromatic N) is 1. The van der Waals surface area contributed by atoms with Crippen LogP contribution in [0.5, 0.6) is 0 Å². The van der Waals surface area contributed by atoms with E-state index in [4.69, 9.17) is 0 Å². The monoisotopic (exact) mass is 503 g/mol. The van der Waals surface area contributed by atoms with E-state index < -0.39 is 10.0 Å². The van der Waals surface area contributed by atoms with Crippen LogP contribution >= 0.6 is 0 Å². The van der Waals surface area contributed by atoms with Crippen LogP contribution in [-0.4, -0.2) is 45.6 Å². The number of hydrogen-bond acceptors (Lipinski definition) is 6. The zero-order valence-corrected chi connectivity index (χ0v) is 21.3. The fourth-order valence-corrected chi connectivity index (χ4v) is 4.77. The number of carbonyl (C=O) groups excluding carboxylic acids is 3. The zero-order chi connectivity index (χ0) is 26.2. The summed E-state index contributed by atoms with van der Waals surface area (Å²) in [6.45, 7) is 5.61. The summed E-state index contributed by atoms with van der Waals surface area (Å²) in [5, 5.41) is 2.83. The second-order valence-electron chi connectivity index (χ2n) is 8.48. The Morgan fingerprint density at radius 3 is 2.20 bits per heavy atom. The fourth-order valence-electron chi connectivity index (χ4n) is 3.72. The number of anilines is 3. The third-order valence-corrected chi connectivity index (χ3v) is 7.25. The number of rotatable bonds is 12. The van der Waals surface area contributed by atoms with Gasteiger partial charge in [-0.2, -0.15) is 0 Å². The first kappa shape index (κ1) is 27.6. The standard InChI is InChI=1S/C24H33N5O5S/c1-6-22(16(2)17(3)24(32)29(4)5)23(31)26-18-10-12-21(13-11-18)35(33,34)28-20-9-7-8-19(14-20)27-25-15-30/h7-17,22,27-28H,6H2,1-5H3,(H,25,30)(H,26,31). The molecule has 0 fully saturated rings. The molecule has 4 N–H and O–H groups in total. The predicted octanol–water partition coefficient (Wildman–Crippen LogP) is 2.89. The maximum absolute atomic E-state index is 12.9. The number of hydrogen-bond donors (Lipinski definition) is 4. The molecule has 0 saturated heterocycles. The SMILES string of the molecule is CCC(C(=O)Nc1ccc(S(=O)(=O)Nc2cccc(NNC=O)c2)cc1)C(C)C(C)C(=O)N(C)C. The molecule has 0 aliphatic heterocycles. The molecule has 11 heteroatoms. The average Bonchev–Trinajstić information content (AvgIpc) is 2.82. The zero-order valence-electron chi connectivity index (χ0n) is 20.5. The molecule has 0 spiro atoms. The molecule has 0 aromatic heterocycles. The lowest BCUT2D eigenvalue weighted by molar-refractivity contribution is -0.135. The highest BCUT2D eigenvalue weighted by Crippen LogP contribution is 2.27. The summed E-state index contributed by atoms with van der Waals surface area (Å²) >= 11 is 0. The van der Waals surface area contributed by atoms with E-state index in [-0.39, 0.29) is 34.5 Å². The second kappa shape index (κ2) is 12.2. The quantitative estimate of drug-likeness (QED) is 0.260. The molecular weight excluding hydrogens is 470 g/mol. The highest BCUT2D eigenvalue weighted by molar-refractivity contribution is 7.92. The van der Waals surface area contributed by atoms with Gasteiger partial charge in [0.2, 0.25) is 18.2 Å². The first-order chi connectivity index (χ1) is 16.5. The van der Waals surface area contributed by atoms with Crippen LogP contribution in [0.15, 0.2) is 53.4 Å². The number of nitrogens with one attached hydrogen (secondary N) is 4. The molecule has 3 amide bonds. The van der Waals surface area contributed by atoms with Gasteiger partial charge < -0.3 is 10.2 Å². The average molecular weight is 504 g/mol. The van der Waals surface area contributed by atoms with Gasteiger partial charge in [0.25, 0.3) is 10.0 Å².